The van der Waals surface area contributed by atoms with Crippen LogP contribution < -0.4 is 5.32 Å². The summed E-state index contributed by atoms with van der Waals surface area (Å²) in [4.78, 5) is 12.0. The number of carbonyl (C=O) groups is 1. The fourth-order valence-corrected chi connectivity index (χ4v) is 2.40. The lowest BCUT2D eigenvalue weighted by Gasteiger charge is -2.16. The molecule has 2 rings (SSSR count). The Bertz CT molecular complexity index is 569. The first-order valence-corrected chi connectivity index (χ1v) is 7.58. The van der Waals surface area contributed by atoms with Gasteiger partial charge in [-0.25, -0.2) is 0 Å². The Morgan fingerprint density at radius 1 is 1.14 bits per heavy atom. The van der Waals surface area contributed by atoms with Gasteiger partial charge in [0.1, 0.15) is 0 Å². The van der Waals surface area contributed by atoms with Crippen LogP contribution >= 0.6 is 15.9 Å². The van der Waals surface area contributed by atoms with E-state index in [0.717, 1.165) is 16.6 Å². The van der Waals surface area contributed by atoms with Crippen LogP contribution in [0.15, 0.2) is 59.1 Å². The molecule has 0 radical (unpaired) electrons. The molecule has 0 aliphatic rings. The maximum atomic E-state index is 12.0. The van der Waals surface area contributed by atoms with Crippen LogP contribution in [0.1, 0.15) is 17.0 Å². The van der Waals surface area contributed by atoms with E-state index in [2.05, 4.69) is 33.4 Å². The topological polar surface area (TPSA) is 38.3 Å². The third-order valence-corrected chi connectivity index (χ3v) is 3.81. The number of methoxy groups -OCH3 is 1. The molecular weight excluding hydrogens is 330 g/mol. The summed E-state index contributed by atoms with van der Waals surface area (Å²) in [5.74, 6) is -0.523. The summed E-state index contributed by atoms with van der Waals surface area (Å²) in [7, 11) is 1.42. The van der Waals surface area contributed by atoms with E-state index in [-0.39, 0.29) is 11.9 Å². The first-order chi connectivity index (χ1) is 10.2. The maximum Gasteiger partial charge on any atom is 0.314 e. The summed E-state index contributed by atoms with van der Waals surface area (Å²) in [6.45, 7) is 1.27. The van der Waals surface area contributed by atoms with Crippen LogP contribution in [-0.4, -0.2) is 19.6 Å². The molecule has 0 amide bonds. The molecule has 0 saturated carbocycles. The van der Waals surface area contributed by atoms with Crippen molar-refractivity contribution in [3.8, 4) is 0 Å². The van der Waals surface area contributed by atoms with Crippen LogP contribution in [0.3, 0.4) is 0 Å². The quantitative estimate of drug-likeness (QED) is 0.812. The number of ether oxygens (including phenoxy) is 1. The van der Waals surface area contributed by atoms with E-state index in [1.54, 1.807) is 0 Å². The van der Waals surface area contributed by atoms with Crippen LogP contribution in [-0.2, 0) is 16.1 Å². The standard InChI is InChI=1S/C17H18BrNO2/c1-21-17(20)16(14-7-9-15(18)10-8-14)12-19-11-13-5-3-2-4-6-13/h2-10,16,19H,11-12H2,1H3. The molecule has 2 aromatic carbocycles. The molecule has 0 bridgehead atoms. The van der Waals surface area contributed by atoms with Gasteiger partial charge in [-0.15, -0.1) is 0 Å². The van der Waals surface area contributed by atoms with Crippen molar-refractivity contribution in [2.75, 3.05) is 13.7 Å². The van der Waals surface area contributed by atoms with Crippen LogP contribution in [0.5, 0.6) is 0 Å². The minimum absolute atomic E-state index is 0.224. The zero-order chi connectivity index (χ0) is 15.1. The summed E-state index contributed by atoms with van der Waals surface area (Å²) < 4.78 is 5.90. The van der Waals surface area contributed by atoms with Gasteiger partial charge in [0.15, 0.2) is 0 Å². The number of benzene rings is 2. The van der Waals surface area contributed by atoms with Gasteiger partial charge < -0.3 is 10.1 Å². The molecule has 0 fully saturated rings. The average Bonchev–Trinajstić information content (AvgIpc) is 2.53. The summed E-state index contributed by atoms with van der Waals surface area (Å²) in [6.07, 6.45) is 0. The zero-order valence-corrected chi connectivity index (χ0v) is 13.5. The second-order valence-corrected chi connectivity index (χ2v) is 5.66. The number of halogens is 1. The first-order valence-electron chi connectivity index (χ1n) is 6.78. The largest absolute Gasteiger partial charge is 0.469 e. The Morgan fingerprint density at radius 3 is 2.43 bits per heavy atom. The number of nitrogens with one attached hydrogen (secondary N) is 1. The lowest BCUT2D eigenvalue weighted by Crippen LogP contribution is -2.27. The Balaban J connectivity index is 2.00. The van der Waals surface area contributed by atoms with Crippen molar-refractivity contribution < 1.29 is 9.53 Å². The summed E-state index contributed by atoms with van der Waals surface area (Å²) in [5, 5.41) is 3.32. The van der Waals surface area contributed by atoms with Crippen molar-refractivity contribution >= 4 is 21.9 Å². The number of carbonyl (C=O) groups excluding carboxylic acids is 1. The molecule has 21 heavy (non-hydrogen) atoms. The van der Waals surface area contributed by atoms with Gasteiger partial charge in [0.2, 0.25) is 0 Å². The van der Waals surface area contributed by atoms with Crippen molar-refractivity contribution in [3.05, 3.63) is 70.2 Å². The summed E-state index contributed by atoms with van der Waals surface area (Å²) in [5.41, 5.74) is 2.14. The van der Waals surface area contributed by atoms with E-state index in [1.165, 1.54) is 12.7 Å². The average molecular weight is 348 g/mol. The lowest BCUT2D eigenvalue weighted by molar-refractivity contribution is -0.142. The van der Waals surface area contributed by atoms with Crippen molar-refractivity contribution in [3.63, 3.8) is 0 Å². The molecule has 3 nitrogen and oxygen atoms in total. The smallest absolute Gasteiger partial charge is 0.314 e. The van der Waals surface area contributed by atoms with Gasteiger partial charge >= 0.3 is 5.97 Å². The highest BCUT2D eigenvalue weighted by Gasteiger charge is 2.20. The van der Waals surface area contributed by atoms with Crippen molar-refractivity contribution in [2.24, 2.45) is 0 Å². The summed E-state index contributed by atoms with van der Waals surface area (Å²) >= 11 is 3.40. The SMILES string of the molecule is COC(=O)C(CNCc1ccccc1)c1ccc(Br)cc1. The summed E-state index contributed by atoms with van der Waals surface area (Å²) in [6, 6.07) is 17.9. The second kappa shape index (κ2) is 7.96. The molecule has 0 aliphatic carbocycles. The molecule has 0 heterocycles. The molecule has 2 aromatic rings. The molecule has 0 spiro atoms. The van der Waals surface area contributed by atoms with Crippen LogP contribution in [0.4, 0.5) is 0 Å². The number of esters is 1. The number of rotatable bonds is 6. The molecule has 1 N–H and O–H groups in total. The monoisotopic (exact) mass is 347 g/mol. The molecule has 4 heteroatoms. The molecule has 0 aromatic heterocycles. The molecule has 110 valence electrons. The van der Waals surface area contributed by atoms with E-state index in [1.807, 2.05) is 42.5 Å². The first kappa shape index (κ1) is 15.7. The van der Waals surface area contributed by atoms with Crippen molar-refractivity contribution in [1.82, 2.24) is 5.32 Å². The Hall–Kier alpha value is -1.65. The van der Waals surface area contributed by atoms with E-state index in [4.69, 9.17) is 4.74 Å². The van der Waals surface area contributed by atoms with Crippen molar-refractivity contribution in [2.45, 2.75) is 12.5 Å². The maximum absolute atomic E-state index is 12.0. The minimum Gasteiger partial charge on any atom is -0.469 e. The Morgan fingerprint density at radius 2 is 1.81 bits per heavy atom. The molecule has 0 aliphatic heterocycles. The fraction of sp³-hybridized carbons (Fsp3) is 0.235. The molecular formula is C17H18BrNO2. The van der Waals surface area contributed by atoms with Gasteiger partial charge in [0, 0.05) is 17.6 Å². The third-order valence-electron chi connectivity index (χ3n) is 3.28. The fourth-order valence-electron chi connectivity index (χ4n) is 2.13. The van der Waals surface area contributed by atoms with Gasteiger partial charge in [-0.3, -0.25) is 4.79 Å². The van der Waals surface area contributed by atoms with Gasteiger partial charge in [0.25, 0.3) is 0 Å². The van der Waals surface area contributed by atoms with Gasteiger partial charge in [-0.05, 0) is 23.3 Å². The highest BCUT2D eigenvalue weighted by Crippen LogP contribution is 2.19. The zero-order valence-electron chi connectivity index (χ0n) is 11.9. The van der Waals surface area contributed by atoms with E-state index >= 15 is 0 Å². The van der Waals surface area contributed by atoms with E-state index < -0.39 is 0 Å². The van der Waals surface area contributed by atoms with Crippen LogP contribution in [0, 0.1) is 0 Å². The Labute approximate surface area is 133 Å². The normalized spacial score (nSPS) is 11.9. The predicted octanol–water partition coefficient (Wildman–Crippen LogP) is 3.50. The van der Waals surface area contributed by atoms with Gasteiger partial charge in [-0.1, -0.05) is 58.4 Å². The van der Waals surface area contributed by atoms with E-state index in [9.17, 15) is 4.79 Å². The van der Waals surface area contributed by atoms with E-state index in [0.29, 0.717) is 6.54 Å². The second-order valence-electron chi connectivity index (χ2n) is 4.74. The number of hydrogen-bond donors (Lipinski definition) is 1. The highest BCUT2D eigenvalue weighted by molar-refractivity contribution is 9.10. The highest BCUT2D eigenvalue weighted by atomic mass is 79.9. The Kier molecular flexibility index (Phi) is 5.96. The molecule has 1 atom stereocenters. The third kappa shape index (κ3) is 4.69. The minimum atomic E-state index is -0.299. The number of hydrogen-bond acceptors (Lipinski definition) is 3. The van der Waals surface area contributed by atoms with Crippen molar-refractivity contribution in [1.29, 1.82) is 0 Å². The molecule has 1 unspecified atom stereocenters. The molecule has 0 saturated heterocycles. The predicted molar refractivity (Wildman–Crippen MR) is 87.0 cm³/mol. The van der Waals surface area contributed by atoms with Crippen LogP contribution in [0.25, 0.3) is 0 Å². The van der Waals surface area contributed by atoms with Gasteiger partial charge in [-0.2, -0.15) is 0 Å². The van der Waals surface area contributed by atoms with Crippen LogP contribution in [0.2, 0.25) is 0 Å². The lowest BCUT2D eigenvalue weighted by atomic mass is 9.99. The van der Waals surface area contributed by atoms with Gasteiger partial charge in [0.05, 0.1) is 13.0 Å².